The Hall–Kier alpha value is -4.15. The van der Waals surface area contributed by atoms with Crippen LogP contribution in [0.5, 0.6) is 0 Å². The number of aliphatic carboxylic acids is 2. The fraction of sp³-hybridized carbons (Fsp3) is 0.611. The molecule has 15 N–H and O–H groups in total. The van der Waals surface area contributed by atoms with Crippen LogP contribution in [0.2, 0.25) is 0 Å². The van der Waals surface area contributed by atoms with Crippen molar-refractivity contribution in [2.45, 2.75) is 50.2 Å². The van der Waals surface area contributed by atoms with Crippen molar-refractivity contribution in [2.24, 2.45) is 38.7 Å². The Balaban J connectivity index is 4.97. The van der Waals surface area contributed by atoms with E-state index in [0.29, 0.717) is 0 Å². The van der Waals surface area contributed by atoms with Crippen molar-refractivity contribution in [1.82, 2.24) is 16.0 Å². The van der Waals surface area contributed by atoms with Crippen molar-refractivity contribution in [2.75, 3.05) is 19.6 Å². The lowest BCUT2D eigenvalue weighted by atomic mass is 10.1. The van der Waals surface area contributed by atoms with Crippen LogP contribution in [0, 0.1) is 0 Å². The third-order valence-corrected chi connectivity index (χ3v) is 4.31. The summed E-state index contributed by atoms with van der Waals surface area (Å²) in [5, 5.41) is 24.9. The van der Waals surface area contributed by atoms with E-state index in [1.807, 2.05) is 0 Å². The molecule has 0 rings (SSSR count). The topological polar surface area (TPSA) is 317 Å². The number of nitrogens with zero attached hydrogens (tertiary/aromatic N) is 2. The van der Waals surface area contributed by atoms with E-state index in [-0.39, 0.29) is 50.7 Å². The van der Waals surface area contributed by atoms with Gasteiger partial charge in [-0.2, -0.15) is 0 Å². The lowest BCUT2D eigenvalue weighted by molar-refractivity contribution is -0.142. The maximum Gasteiger partial charge on any atom is 0.326 e. The average Bonchev–Trinajstić information content (AvgIpc) is 2.74. The summed E-state index contributed by atoms with van der Waals surface area (Å²) in [7, 11) is 0. The number of nitrogens with one attached hydrogen (secondary N) is 3. The van der Waals surface area contributed by atoms with Gasteiger partial charge in [-0.25, -0.2) is 4.79 Å². The van der Waals surface area contributed by atoms with Gasteiger partial charge in [0.25, 0.3) is 0 Å². The summed E-state index contributed by atoms with van der Waals surface area (Å²) in [6, 6.07) is -3.82. The standard InChI is InChI=1S/C18H34N10O7/c19-9(7-13(30)31)14(32)28-10(3-1-5-24-17(20)21)15(33)26-8-12(29)27-11(16(34)35)4-2-6-25-18(22)23/h9-11H,1-8,19H2,(H,26,33)(H,27,29)(H,28,32)(H,30,31)(H,34,35)(H4,20,21,24)(H4,22,23,25). The molecule has 0 saturated carbocycles. The van der Waals surface area contributed by atoms with Gasteiger partial charge in [0.15, 0.2) is 11.9 Å². The highest BCUT2D eigenvalue weighted by atomic mass is 16.4. The van der Waals surface area contributed by atoms with Crippen LogP contribution in [0.15, 0.2) is 9.98 Å². The summed E-state index contributed by atoms with van der Waals surface area (Å²) < 4.78 is 0. The molecule has 3 unspecified atom stereocenters. The second kappa shape index (κ2) is 16.5. The van der Waals surface area contributed by atoms with Crippen LogP contribution in [0.25, 0.3) is 0 Å². The van der Waals surface area contributed by atoms with E-state index in [0.717, 1.165) is 0 Å². The Morgan fingerprint density at radius 2 is 1.29 bits per heavy atom. The molecule has 17 heteroatoms. The third kappa shape index (κ3) is 15.3. The molecule has 3 amide bonds. The number of amides is 3. The molecule has 0 aliphatic rings. The minimum Gasteiger partial charge on any atom is -0.481 e. The number of carbonyl (C=O) groups is 5. The van der Waals surface area contributed by atoms with E-state index < -0.39 is 60.8 Å². The highest BCUT2D eigenvalue weighted by molar-refractivity contribution is 5.93. The molecule has 0 saturated heterocycles. The predicted octanol–water partition coefficient (Wildman–Crippen LogP) is -4.93. The van der Waals surface area contributed by atoms with E-state index in [9.17, 15) is 29.1 Å². The molecule has 17 nitrogen and oxygen atoms in total. The molecule has 0 aromatic heterocycles. The number of nitrogens with two attached hydrogens (primary N) is 5. The smallest absolute Gasteiger partial charge is 0.326 e. The van der Waals surface area contributed by atoms with Crippen molar-refractivity contribution in [3.8, 4) is 0 Å². The number of aliphatic imine (C=N–C) groups is 2. The Kier molecular flexibility index (Phi) is 14.5. The zero-order chi connectivity index (χ0) is 27.0. The van der Waals surface area contributed by atoms with Crippen LogP contribution in [-0.2, 0) is 24.0 Å². The highest BCUT2D eigenvalue weighted by Gasteiger charge is 2.26. The summed E-state index contributed by atoms with van der Waals surface area (Å²) in [6.45, 7) is -0.272. The Bertz CT molecular complexity index is 809. The van der Waals surface area contributed by atoms with E-state index in [4.69, 9.17) is 33.8 Å². The van der Waals surface area contributed by atoms with Gasteiger partial charge in [-0.3, -0.25) is 29.2 Å². The van der Waals surface area contributed by atoms with Gasteiger partial charge in [0, 0.05) is 13.1 Å². The van der Waals surface area contributed by atoms with Crippen LogP contribution >= 0.6 is 0 Å². The summed E-state index contributed by atoms with van der Waals surface area (Å²) >= 11 is 0. The number of carbonyl (C=O) groups excluding carboxylic acids is 3. The van der Waals surface area contributed by atoms with Crippen molar-refractivity contribution in [3.63, 3.8) is 0 Å². The largest absolute Gasteiger partial charge is 0.481 e. The number of hydrogen-bond acceptors (Lipinski definition) is 8. The molecule has 0 radical (unpaired) electrons. The molecule has 0 aliphatic heterocycles. The van der Waals surface area contributed by atoms with Gasteiger partial charge in [-0.05, 0) is 25.7 Å². The molecule has 0 aliphatic carbocycles. The lowest BCUT2D eigenvalue weighted by Gasteiger charge is -2.20. The first-order valence-electron chi connectivity index (χ1n) is 10.5. The minimum atomic E-state index is -1.40. The summed E-state index contributed by atoms with van der Waals surface area (Å²) in [5.74, 6) is -5.35. The van der Waals surface area contributed by atoms with E-state index >= 15 is 0 Å². The SMILES string of the molecule is NC(N)=NCCCC(NC(=O)CNC(=O)C(CCCN=C(N)N)NC(=O)C(N)CC(=O)O)C(=O)O. The summed E-state index contributed by atoms with van der Waals surface area (Å²) in [5.41, 5.74) is 26.3. The van der Waals surface area contributed by atoms with Crippen LogP contribution < -0.4 is 44.6 Å². The number of rotatable bonds is 17. The second-order valence-electron chi connectivity index (χ2n) is 7.34. The van der Waals surface area contributed by atoms with Crippen LogP contribution in [0.1, 0.15) is 32.1 Å². The molecule has 0 aromatic rings. The molecule has 0 bridgehead atoms. The van der Waals surface area contributed by atoms with Gasteiger partial charge in [0.2, 0.25) is 17.7 Å². The van der Waals surface area contributed by atoms with Gasteiger partial charge >= 0.3 is 11.9 Å². The number of carboxylic acid groups (broad SMARTS) is 2. The van der Waals surface area contributed by atoms with Crippen molar-refractivity contribution < 1.29 is 34.2 Å². The fourth-order valence-corrected chi connectivity index (χ4v) is 2.63. The quantitative estimate of drug-likeness (QED) is 0.0508. The van der Waals surface area contributed by atoms with Crippen LogP contribution in [0.4, 0.5) is 0 Å². The lowest BCUT2D eigenvalue weighted by Crippen LogP contribution is -2.53. The molecule has 0 heterocycles. The van der Waals surface area contributed by atoms with E-state index in [2.05, 4.69) is 25.9 Å². The monoisotopic (exact) mass is 502 g/mol. The predicted molar refractivity (Wildman–Crippen MR) is 125 cm³/mol. The Morgan fingerprint density at radius 1 is 0.771 bits per heavy atom. The van der Waals surface area contributed by atoms with Gasteiger partial charge in [0.05, 0.1) is 19.0 Å². The highest BCUT2D eigenvalue weighted by Crippen LogP contribution is 2.01. The second-order valence-corrected chi connectivity index (χ2v) is 7.34. The number of carboxylic acids is 2. The van der Waals surface area contributed by atoms with E-state index in [1.54, 1.807) is 0 Å². The maximum absolute atomic E-state index is 12.5. The van der Waals surface area contributed by atoms with Gasteiger partial charge in [-0.15, -0.1) is 0 Å². The Labute approximate surface area is 200 Å². The number of hydrogen-bond donors (Lipinski definition) is 10. The third-order valence-electron chi connectivity index (χ3n) is 4.31. The van der Waals surface area contributed by atoms with Gasteiger partial charge in [0.1, 0.15) is 12.1 Å². The van der Waals surface area contributed by atoms with Crippen LogP contribution in [-0.4, -0.2) is 89.6 Å². The average molecular weight is 503 g/mol. The first-order valence-corrected chi connectivity index (χ1v) is 10.5. The molecule has 0 aromatic carbocycles. The molecule has 0 spiro atoms. The molecular weight excluding hydrogens is 468 g/mol. The zero-order valence-corrected chi connectivity index (χ0v) is 19.1. The Morgan fingerprint density at radius 3 is 1.74 bits per heavy atom. The summed E-state index contributed by atoms with van der Waals surface area (Å²) in [6.07, 6.45) is -0.0408. The number of guanidine groups is 2. The molecule has 3 atom stereocenters. The molecular formula is C18H34N10O7. The van der Waals surface area contributed by atoms with Crippen molar-refractivity contribution in [3.05, 3.63) is 0 Å². The van der Waals surface area contributed by atoms with Crippen molar-refractivity contribution >= 4 is 41.6 Å². The first-order chi connectivity index (χ1) is 16.3. The molecule has 0 fully saturated rings. The molecule has 198 valence electrons. The molecule has 35 heavy (non-hydrogen) atoms. The van der Waals surface area contributed by atoms with Gasteiger partial charge in [-0.1, -0.05) is 0 Å². The van der Waals surface area contributed by atoms with Crippen LogP contribution in [0.3, 0.4) is 0 Å². The minimum absolute atomic E-state index is 0.0384. The first kappa shape index (κ1) is 30.9. The van der Waals surface area contributed by atoms with E-state index in [1.165, 1.54) is 0 Å². The van der Waals surface area contributed by atoms with Crippen molar-refractivity contribution in [1.29, 1.82) is 0 Å². The zero-order valence-electron chi connectivity index (χ0n) is 19.1. The summed E-state index contributed by atoms with van der Waals surface area (Å²) in [4.78, 5) is 66.4. The van der Waals surface area contributed by atoms with Gasteiger partial charge < -0.3 is 54.8 Å². The normalized spacial score (nSPS) is 12.8. The fourth-order valence-electron chi connectivity index (χ4n) is 2.63. The maximum atomic E-state index is 12.5.